The molecule has 29 heavy (non-hydrogen) atoms. The quantitative estimate of drug-likeness (QED) is 0.699. The highest BCUT2D eigenvalue weighted by Gasteiger charge is 2.37. The first-order chi connectivity index (χ1) is 13.9. The Balaban J connectivity index is 1.55. The van der Waals surface area contributed by atoms with Crippen molar-refractivity contribution in [3.63, 3.8) is 0 Å². The minimum atomic E-state index is -0.662. The van der Waals surface area contributed by atoms with Gasteiger partial charge in [0.15, 0.2) is 6.61 Å². The maximum Gasteiger partial charge on any atom is 0.311 e. The molecule has 0 aliphatic carbocycles. The van der Waals surface area contributed by atoms with Crippen molar-refractivity contribution in [1.82, 2.24) is 0 Å². The molecule has 152 valence electrons. The van der Waals surface area contributed by atoms with E-state index in [2.05, 4.69) is 5.32 Å². The number of hydrogen-bond acceptors (Lipinski definition) is 5. The Hall–Kier alpha value is -2.77. The van der Waals surface area contributed by atoms with Crippen LogP contribution in [0.5, 0.6) is 5.75 Å². The summed E-state index contributed by atoms with van der Waals surface area (Å²) in [4.78, 5) is 38.2. The molecule has 0 spiro atoms. The first-order valence-electron chi connectivity index (χ1n) is 8.74. The molecule has 0 unspecified atom stereocenters. The van der Waals surface area contributed by atoms with Gasteiger partial charge in [-0.3, -0.25) is 14.4 Å². The minimum absolute atomic E-state index is 0.00525. The lowest BCUT2D eigenvalue weighted by Gasteiger charge is -2.19. The lowest BCUT2D eigenvalue weighted by molar-refractivity contribution is -0.151. The summed E-state index contributed by atoms with van der Waals surface area (Å²) in [6.07, 6.45) is 0.00525. The lowest BCUT2D eigenvalue weighted by Crippen LogP contribution is -2.28. The Morgan fingerprint density at radius 2 is 1.93 bits per heavy atom. The minimum Gasteiger partial charge on any atom is -0.495 e. The van der Waals surface area contributed by atoms with Crippen LogP contribution in [0.1, 0.15) is 6.42 Å². The maximum atomic E-state index is 12.4. The van der Waals surface area contributed by atoms with E-state index >= 15 is 0 Å². The molecule has 1 aliphatic rings. The number of rotatable bonds is 6. The first-order valence-corrected chi connectivity index (χ1v) is 9.49. The molecule has 1 N–H and O–H groups in total. The van der Waals surface area contributed by atoms with Crippen LogP contribution in [0.3, 0.4) is 0 Å². The number of para-hydroxylation sites is 2. The van der Waals surface area contributed by atoms with E-state index in [9.17, 15) is 14.4 Å². The third-order valence-electron chi connectivity index (χ3n) is 4.38. The van der Waals surface area contributed by atoms with Crippen LogP contribution in [0.25, 0.3) is 0 Å². The summed E-state index contributed by atoms with van der Waals surface area (Å²) in [6, 6.07) is 11.7. The van der Waals surface area contributed by atoms with Crippen molar-refractivity contribution in [2.24, 2.45) is 5.92 Å². The van der Waals surface area contributed by atoms with Gasteiger partial charge in [-0.15, -0.1) is 0 Å². The monoisotopic (exact) mass is 436 g/mol. The molecule has 9 heteroatoms. The Labute approximate surface area is 177 Å². The van der Waals surface area contributed by atoms with Crippen LogP contribution in [0.15, 0.2) is 42.5 Å². The number of amides is 2. The lowest BCUT2D eigenvalue weighted by atomic mass is 10.1. The normalized spacial score (nSPS) is 15.9. The first kappa shape index (κ1) is 21.0. The van der Waals surface area contributed by atoms with Gasteiger partial charge >= 0.3 is 5.97 Å². The van der Waals surface area contributed by atoms with Crippen molar-refractivity contribution in [2.75, 3.05) is 30.5 Å². The molecule has 1 aliphatic heterocycles. The van der Waals surface area contributed by atoms with E-state index in [0.29, 0.717) is 27.2 Å². The van der Waals surface area contributed by atoms with Crippen LogP contribution in [0.2, 0.25) is 10.0 Å². The van der Waals surface area contributed by atoms with Crippen molar-refractivity contribution < 1.29 is 23.9 Å². The fraction of sp³-hybridized carbons (Fsp3) is 0.250. The molecule has 1 atom stereocenters. The average molecular weight is 437 g/mol. The third-order valence-corrected chi connectivity index (χ3v) is 5.12. The highest BCUT2D eigenvalue weighted by atomic mass is 35.5. The van der Waals surface area contributed by atoms with Crippen LogP contribution in [0.4, 0.5) is 11.4 Å². The SMILES string of the molecule is COc1ccccc1N1C[C@H](C(=O)OCC(=O)Nc2ccc(Cl)c(Cl)c2)CC1=O. The molecule has 0 radical (unpaired) electrons. The average Bonchev–Trinajstić information content (AvgIpc) is 3.10. The van der Waals surface area contributed by atoms with Crippen molar-refractivity contribution in [1.29, 1.82) is 0 Å². The second-order valence-corrected chi connectivity index (χ2v) is 7.18. The number of esters is 1. The van der Waals surface area contributed by atoms with Crippen LogP contribution < -0.4 is 15.0 Å². The molecule has 1 fully saturated rings. The maximum absolute atomic E-state index is 12.4. The van der Waals surface area contributed by atoms with Gasteiger partial charge in [0.1, 0.15) is 5.75 Å². The topological polar surface area (TPSA) is 84.9 Å². The van der Waals surface area contributed by atoms with Gasteiger partial charge in [0.25, 0.3) is 5.91 Å². The van der Waals surface area contributed by atoms with Gasteiger partial charge in [-0.2, -0.15) is 0 Å². The van der Waals surface area contributed by atoms with Gasteiger partial charge < -0.3 is 19.7 Å². The molecule has 0 saturated carbocycles. The molecule has 0 bridgehead atoms. The number of anilines is 2. The molecule has 2 amide bonds. The van der Waals surface area contributed by atoms with Crippen LogP contribution in [0, 0.1) is 5.92 Å². The van der Waals surface area contributed by atoms with Crippen molar-refractivity contribution in [3.8, 4) is 5.75 Å². The van der Waals surface area contributed by atoms with E-state index in [0.717, 1.165) is 0 Å². The standard InChI is InChI=1S/C20H18Cl2N2O5/c1-28-17-5-3-2-4-16(17)24-10-12(8-19(24)26)20(27)29-11-18(25)23-13-6-7-14(21)15(22)9-13/h2-7,9,12H,8,10-11H2,1H3,(H,23,25)/t12-/m1/s1. The summed E-state index contributed by atoms with van der Waals surface area (Å²) >= 11 is 11.7. The van der Waals surface area contributed by atoms with Gasteiger partial charge in [0.05, 0.1) is 28.8 Å². The van der Waals surface area contributed by atoms with Gasteiger partial charge in [-0.05, 0) is 30.3 Å². The number of ether oxygens (including phenoxy) is 2. The number of hydrogen-bond donors (Lipinski definition) is 1. The number of nitrogens with one attached hydrogen (secondary N) is 1. The predicted octanol–water partition coefficient (Wildman–Crippen LogP) is 3.54. The van der Waals surface area contributed by atoms with E-state index in [1.165, 1.54) is 18.1 Å². The second-order valence-electron chi connectivity index (χ2n) is 6.36. The Bertz CT molecular complexity index is 950. The number of carbonyl (C=O) groups excluding carboxylic acids is 3. The zero-order valence-corrected chi connectivity index (χ0v) is 17.0. The highest BCUT2D eigenvalue weighted by molar-refractivity contribution is 6.42. The Morgan fingerprint density at radius 3 is 2.66 bits per heavy atom. The van der Waals surface area contributed by atoms with Crippen LogP contribution in [-0.2, 0) is 19.1 Å². The summed E-state index contributed by atoms with van der Waals surface area (Å²) in [5.74, 6) is -1.47. The van der Waals surface area contributed by atoms with Crippen LogP contribution >= 0.6 is 23.2 Å². The molecule has 3 rings (SSSR count). The van der Waals surface area contributed by atoms with E-state index in [-0.39, 0.29) is 18.9 Å². The van der Waals surface area contributed by atoms with Gasteiger partial charge in [0, 0.05) is 18.7 Å². The predicted molar refractivity (Wildman–Crippen MR) is 110 cm³/mol. The Morgan fingerprint density at radius 1 is 1.17 bits per heavy atom. The second kappa shape index (κ2) is 9.15. The van der Waals surface area contributed by atoms with E-state index in [1.54, 1.807) is 36.4 Å². The molecule has 1 heterocycles. The molecular formula is C20H18Cl2N2O5. The summed E-state index contributed by atoms with van der Waals surface area (Å²) in [7, 11) is 1.51. The largest absolute Gasteiger partial charge is 0.495 e. The molecule has 7 nitrogen and oxygen atoms in total. The fourth-order valence-electron chi connectivity index (χ4n) is 2.98. The fourth-order valence-corrected chi connectivity index (χ4v) is 3.27. The summed E-state index contributed by atoms with van der Waals surface area (Å²) in [6.45, 7) is -0.315. The number of halogens is 2. The summed E-state index contributed by atoms with van der Waals surface area (Å²) in [5, 5.41) is 3.22. The van der Waals surface area contributed by atoms with Crippen molar-refractivity contribution in [2.45, 2.75) is 6.42 Å². The van der Waals surface area contributed by atoms with Crippen molar-refractivity contribution >= 4 is 52.4 Å². The highest BCUT2D eigenvalue weighted by Crippen LogP contribution is 2.33. The number of methoxy groups -OCH3 is 1. The van der Waals surface area contributed by atoms with E-state index in [1.807, 2.05) is 0 Å². The smallest absolute Gasteiger partial charge is 0.311 e. The third kappa shape index (κ3) is 4.99. The zero-order chi connectivity index (χ0) is 21.0. The van der Waals surface area contributed by atoms with Gasteiger partial charge in [-0.1, -0.05) is 35.3 Å². The van der Waals surface area contributed by atoms with Gasteiger partial charge in [0.2, 0.25) is 5.91 Å². The van der Waals surface area contributed by atoms with Gasteiger partial charge in [-0.25, -0.2) is 0 Å². The molecule has 2 aromatic rings. The molecule has 0 aromatic heterocycles. The van der Waals surface area contributed by atoms with E-state index < -0.39 is 24.4 Å². The van der Waals surface area contributed by atoms with E-state index in [4.69, 9.17) is 32.7 Å². The summed E-state index contributed by atoms with van der Waals surface area (Å²) < 4.78 is 10.4. The molecule has 1 saturated heterocycles. The number of benzene rings is 2. The number of nitrogens with zero attached hydrogens (tertiary/aromatic N) is 1. The molecular weight excluding hydrogens is 419 g/mol. The van der Waals surface area contributed by atoms with Crippen LogP contribution in [-0.4, -0.2) is 38.0 Å². The van der Waals surface area contributed by atoms with Crippen molar-refractivity contribution in [3.05, 3.63) is 52.5 Å². The summed E-state index contributed by atoms with van der Waals surface area (Å²) in [5.41, 5.74) is 1.02. The molecule has 2 aromatic carbocycles. The zero-order valence-electron chi connectivity index (χ0n) is 15.5. The Kier molecular flexibility index (Phi) is 6.61. The number of carbonyl (C=O) groups is 3.